The lowest BCUT2D eigenvalue weighted by atomic mass is 10.0. The van der Waals surface area contributed by atoms with Crippen LogP contribution in [0.4, 0.5) is 0 Å². The molecule has 2 aliphatic rings. The number of carbonyl (C=O) groups excluding carboxylic acids is 3. The predicted octanol–water partition coefficient (Wildman–Crippen LogP) is 2.45. The molecule has 3 aromatic rings. The van der Waals surface area contributed by atoms with Crippen LogP contribution in [-0.2, 0) is 19.1 Å². The average Bonchev–Trinajstić information content (AvgIpc) is 3.36. The third kappa shape index (κ3) is 4.60. The number of carbonyl (C=O) groups is 4. The van der Waals surface area contributed by atoms with Crippen LogP contribution in [0.15, 0.2) is 78.1 Å². The molecular formula is C26H22N4O6S. The van der Waals surface area contributed by atoms with Crippen molar-refractivity contribution in [2.24, 2.45) is 0 Å². The molecule has 0 aliphatic carbocycles. The Morgan fingerprint density at radius 3 is 2.43 bits per heavy atom. The zero-order valence-electron chi connectivity index (χ0n) is 19.7. The Morgan fingerprint density at radius 1 is 1.11 bits per heavy atom. The van der Waals surface area contributed by atoms with E-state index in [0.29, 0.717) is 11.3 Å². The van der Waals surface area contributed by atoms with Crippen molar-refractivity contribution in [2.75, 3.05) is 12.4 Å². The Bertz CT molecular complexity index is 1420. The number of carboxylic acids is 1. The summed E-state index contributed by atoms with van der Waals surface area (Å²) in [6.07, 6.45) is 1.61. The highest BCUT2D eigenvalue weighted by Gasteiger charge is 2.54. The summed E-state index contributed by atoms with van der Waals surface area (Å²) in [5, 5.41) is 16.6. The summed E-state index contributed by atoms with van der Waals surface area (Å²) in [6.45, 7) is 1.01. The molecule has 0 radical (unpaired) electrons. The molecule has 0 saturated carbocycles. The highest BCUT2D eigenvalue weighted by Crippen LogP contribution is 2.40. The molecule has 2 atom stereocenters. The van der Waals surface area contributed by atoms with Crippen LogP contribution in [0.3, 0.4) is 0 Å². The highest BCUT2D eigenvalue weighted by atomic mass is 32.2. The van der Waals surface area contributed by atoms with Gasteiger partial charge in [-0.25, -0.2) is 9.48 Å². The van der Waals surface area contributed by atoms with Crippen LogP contribution < -0.4 is 5.32 Å². The van der Waals surface area contributed by atoms with Crippen molar-refractivity contribution < 1.29 is 29.0 Å². The Labute approximate surface area is 215 Å². The van der Waals surface area contributed by atoms with Crippen molar-refractivity contribution in [3.63, 3.8) is 0 Å². The Hall–Kier alpha value is -4.38. The SMILES string of the molecule is CC(=O)OCC1=C(C(=O)O)N2C(=O)[C@@H](NC(=O)c3cn(-c4ccccc4)nc3-c3ccccc3)[C@H]2SC1. The smallest absolute Gasteiger partial charge is 0.352 e. The average molecular weight is 519 g/mol. The molecule has 1 aromatic heterocycles. The number of nitrogens with zero attached hydrogens (tertiary/aromatic N) is 3. The third-order valence-corrected chi connectivity index (χ3v) is 7.35. The lowest BCUT2D eigenvalue weighted by Gasteiger charge is -2.49. The van der Waals surface area contributed by atoms with Crippen molar-refractivity contribution in [3.05, 3.63) is 83.7 Å². The number of aromatic nitrogens is 2. The molecule has 2 N–H and O–H groups in total. The van der Waals surface area contributed by atoms with Crippen molar-refractivity contribution in [2.45, 2.75) is 18.3 Å². The van der Waals surface area contributed by atoms with E-state index in [1.165, 1.54) is 18.7 Å². The first-order valence-electron chi connectivity index (χ1n) is 11.4. The number of ether oxygens (including phenoxy) is 1. The molecule has 188 valence electrons. The number of hydrogen-bond acceptors (Lipinski definition) is 7. The topological polar surface area (TPSA) is 131 Å². The molecule has 0 spiro atoms. The summed E-state index contributed by atoms with van der Waals surface area (Å²) in [5.74, 6) is -2.63. The Balaban J connectivity index is 1.41. The quantitative estimate of drug-likeness (QED) is 0.360. The number of aliphatic carboxylic acids is 1. The number of β-lactam (4-membered cyclic amide) rings is 1. The minimum atomic E-state index is -1.29. The lowest BCUT2D eigenvalue weighted by molar-refractivity contribution is -0.149. The molecule has 2 amide bonds. The highest BCUT2D eigenvalue weighted by molar-refractivity contribution is 8.00. The minimum Gasteiger partial charge on any atom is -0.477 e. The molecular weight excluding hydrogens is 496 g/mol. The summed E-state index contributed by atoms with van der Waals surface area (Å²) in [5.41, 5.74) is 2.37. The monoisotopic (exact) mass is 518 g/mol. The van der Waals surface area contributed by atoms with E-state index in [1.807, 2.05) is 60.7 Å². The van der Waals surface area contributed by atoms with Gasteiger partial charge in [0.2, 0.25) is 0 Å². The van der Waals surface area contributed by atoms with Crippen LogP contribution in [0.25, 0.3) is 16.9 Å². The van der Waals surface area contributed by atoms with E-state index in [-0.39, 0.29) is 23.6 Å². The van der Waals surface area contributed by atoms with E-state index in [2.05, 4.69) is 10.4 Å². The number of thioether (sulfide) groups is 1. The van der Waals surface area contributed by atoms with Crippen LogP contribution in [0, 0.1) is 0 Å². The van der Waals surface area contributed by atoms with Gasteiger partial charge < -0.3 is 15.2 Å². The first-order chi connectivity index (χ1) is 17.8. The Kier molecular flexibility index (Phi) is 6.53. The van der Waals surface area contributed by atoms with E-state index < -0.39 is 35.2 Å². The van der Waals surface area contributed by atoms with Crippen molar-refractivity contribution >= 4 is 35.5 Å². The van der Waals surface area contributed by atoms with Gasteiger partial charge in [-0.2, -0.15) is 5.10 Å². The number of fused-ring (bicyclic) bond motifs is 1. The van der Waals surface area contributed by atoms with E-state index in [9.17, 15) is 24.3 Å². The molecule has 1 saturated heterocycles. The molecule has 37 heavy (non-hydrogen) atoms. The first kappa shape index (κ1) is 24.3. The summed E-state index contributed by atoms with van der Waals surface area (Å²) in [6, 6.07) is 17.7. The third-order valence-electron chi connectivity index (χ3n) is 6.01. The van der Waals surface area contributed by atoms with Gasteiger partial charge in [-0.05, 0) is 12.1 Å². The zero-order valence-corrected chi connectivity index (χ0v) is 20.5. The van der Waals surface area contributed by atoms with Gasteiger partial charge in [0.05, 0.1) is 11.3 Å². The summed E-state index contributed by atoms with van der Waals surface area (Å²) in [7, 11) is 0. The summed E-state index contributed by atoms with van der Waals surface area (Å²) >= 11 is 1.30. The fourth-order valence-corrected chi connectivity index (χ4v) is 5.59. The number of para-hydroxylation sites is 1. The number of rotatable bonds is 7. The van der Waals surface area contributed by atoms with Crippen LogP contribution in [0.5, 0.6) is 0 Å². The number of carboxylic acid groups (broad SMARTS) is 1. The van der Waals surface area contributed by atoms with E-state index in [4.69, 9.17) is 4.74 Å². The maximum Gasteiger partial charge on any atom is 0.352 e. The normalized spacial score (nSPS) is 18.6. The molecule has 11 heteroatoms. The molecule has 3 heterocycles. The van der Waals surface area contributed by atoms with Gasteiger partial charge in [0.15, 0.2) is 0 Å². The van der Waals surface area contributed by atoms with E-state index >= 15 is 0 Å². The molecule has 0 unspecified atom stereocenters. The van der Waals surface area contributed by atoms with Crippen molar-refractivity contribution in [3.8, 4) is 16.9 Å². The van der Waals surface area contributed by atoms with Gasteiger partial charge in [-0.3, -0.25) is 19.3 Å². The second kappa shape index (κ2) is 9.94. The van der Waals surface area contributed by atoms with Gasteiger partial charge in [0.25, 0.3) is 11.8 Å². The maximum atomic E-state index is 13.4. The maximum absolute atomic E-state index is 13.4. The van der Waals surface area contributed by atoms with Crippen molar-refractivity contribution in [1.82, 2.24) is 20.0 Å². The predicted molar refractivity (Wildman–Crippen MR) is 135 cm³/mol. The zero-order chi connectivity index (χ0) is 26.1. The Morgan fingerprint density at radius 2 is 1.78 bits per heavy atom. The van der Waals surface area contributed by atoms with Gasteiger partial charge in [-0.1, -0.05) is 48.5 Å². The van der Waals surface area contributed by atoms with Crippen LogP contribution in [0.2, 0.25) is 0 Å². The van der Waals surface area contributed by atoms with Crippen LogP contribution >= 0.6 is 11.8 Å². The van der Waals surface area contributed by atoms with E-state index in [1.54, 1.807) is 10.9 Å². The van der Waals surface area contributed by atoms with Gasteiger partial charge in [-0.15, -0.1) is 11.8 Å². The first-order valence-corrected chi connectivity index (χ1v) is 12.4. The summed E-state index contributed by atoms with van der Waals surface area (Å²) in [4.78, 5) is 50.7. The van der Waals surface area contributed by atoms with Crippen LogP contribution in [0.1, 0.15) is 17.3 Å². The molecule has 5 rings (SSSR count). The van der Waals surface area contributed by atoms with Crippen molar-refractivity contribution in [1.29, 1.82) is 0 Å². The number of amides is 2. The second-order valence-corrected chi connectivity index (χ2v) is 9.54. The van der Waals surface area contributed by atoms with Crippen LogP contribution in [-0.4, -0.2) is 67.3 Å². The molecule has 10 nitrogen and oxygen atoms in total. The van der Waals surface area contributed by atoms with Gasteiger partial charge in [0, 0.05) is 30.0 Å². The molecule has 2 aliphatic heterocycles. The number of benzene rings is 2. The fourth-order valence-electron chi connectivity index (χ4n) is 4.26. The summed E-state index contributed by atoms with van der Waals surface area (Å²) < 4.78 is 6.56. The van der Waals surface area contributed by atoms with Gasteiger partial charge in [0.1, 0.15) is 29.4 Å². The minimum absolute atomic E-state index is 0.206. The molecule has 1 fully saturated rings. The number of nitrogens with one attached hydrogen (secondary N) is 1. The van der Waals surface area contributed by atoms with E-state index in [0.717, 1.165) is 16.2 Å². The fraction of sp³-hybridized carbons (Fsp3) is 0.192. The molecule has 2 aromatic carbocycles. The standard InChI is InChI=1S/C26H22N4O6S/c1-15(31)36-13-17-14-37-25-21(24(33)30(25)22(17)26(34)35)27-23(32)19-12-29(18-10-6-3-7-11-18)28-20(19)16-8-4-2-5-9-16/h2-12,21,25H,13-14H2,1H3,(H,27,32)(H,34,35)/t21-,25-/m1/s1. The number of hydrogen-bond donors (Lipinski definition) is 2. The van der Waals surface area contributed by atoms with Gasteiger partial charge >= 0.3 is 11.9 Å². The molecule has 0 bridgehead atoms. The second-order valence-electron chi connectivity index (χ2n) is 8.44. The number of esters is 1. The largest absolute Gasteiger partial charge is 0.477 e. The lowest BCUT2D eigenvalue weighted by Crippen LogP contribution is -2.70.